The molecule has 29 heavy (non-hydrogen) atoms. The van der Waals surface area contributed by atoms with Crippen LogP contribution >= 0.6 is 0 Å². The van der Waals surface area contributed by atoms with Crippen molar-refractivity contribution in [2.45, 2.75) is 20.0 Å². The third-order valence-corrected chi connectivity index (χ3v) is 4.21. The van der Waals surface area contributed by atoms with Gasteiger partial charge in [0.25, 0.3) is 0 Å². The molecular formula is C22H23N3O4. The number of rotatable bonds is 8. The lowest BCUT2D eigenvalue weighted by Crippen LogP contribution is -2.27. The van der Waals surface area contributed by atoms with Crippen LogP contribution in [-0.2, 0) is 22.5 Å². The predicted octanol–water partition coefficient (Wildman–Crippen LogP) is 3.52. The van der Waals surface area contributed by atoms with Crippen molar-refractivity contribution in [2.24, 2.45) is 0 Å². The molecule has 0 spiro atoms. The molecule has 1 heterocycles. The first-order valence-corrected chi connectivity index (χ1v) is 9.43. The van der Waals surface area contributed by atoms with Gasteiger partial charge in [0, 0.05) is 13.0 Å². The number of esters is 1. The smallest absolute Gasteiger partial charge is 0.407 e. The number of alkyl carbamates (subject to hydrolysis) is 1. The Labute approximate surface area is 169 Å². The van der Waals surface area contributed by atoms with E-state index in [0.717, 1.165) is 11.3 Å². The van der Waals surface area contributed by atoms with Crippen LogP contribution in [0, 0.1) is 0 Å². The summed E-state index contributed by atoms with van der Waals surface area (Å²) in [4.78, 5) is 24.3. The van der Waals surface area contributed by atoms with Crippen LogP contribution in [0.2, 0.25) is 0 Å². The molecule has 0 aliphatic rings. The minimum Gasteiger partial charge on any atom is -0.462 e. The highest BCUT2D eigenvalue weighted by Gasteiger charge is 2.19. The SMILES string of the molecule is CCOC(=O)c1cnn(-c2ccccc2)c1CCNC(=O)OCc1ccccc1. The summed E-state index contributed by atoms with van der Waals surface area (Å²) in [6.45, 7) is 2.52. The average molecular weight is 393 g/mol. The minimum atomic E-state index is -0.516. The number of amides is 1. The fourth-order valence-corrected chi connectivity index (χ4v) is 2.84. The molecule has 0 unspecified atom stereocenters. The monoisotopic (exact) mass is 393 g/mol. The van der Waals surface area contributed by atoms with E-state index in [9.17, 15) is 9.59 Å². The third kappa shape index (κ3) is 5.44. The molecule has 0 saturated carbocycles. The molecule has 150 valence electrons. The number of carbonyl (C=O) groups excluding carboxylic acids is 2. The second-order valence-corrected chi connectivity index (χ2v) is 6.21. The van der Waals surface area contributed by atoms with Crippen molar-refractivity contribution < 1.29 is 19.1 Å². The van der Waals surface area contributed by atoms with Crippen LogP contribution in [0.5, 0.6) is 0 Å². The molecule has 0 bridgehead atoms. The quantitative estimate of drug-likeness (QED) is 0.592. The Morgan fingerprint density at radius 2 is 1.69 bits per heavy atom. The van der Waals surface area contributed by atoms with Crippen LogP contribution in [-0.4, -0.2) is 35.0 Å². The van der Waals surface area contributed by atoms with E-state index in [0.29, 0.717) is 24.2 Å². The zero-order valence-electron chi connectivity index (χ0n) is 16.2. The molecule has 0 saturated heterocycles. The molecule has 1 amide bonds. The van der Waals surface area contributed by atoms with E-state index in [1.165, 1.54) is 6.20 Å². The fourth-order valence-electron chi connectivity index (χ4n) is 2.84. The lowest BCUT2D eigenvalue weighted by molar-refractivity contribution is 0.0525. The molecular weight excluding hydrogens is 370 g/mol. The maximum atomic E-state index is 12.3. The predicted molar refractivity (Wildman–Crippen MR) is 108 cm³/mol. The van der Waals surface area contributed by atoms with Crippen molar-refractivity contribution in [2.75, 3.05) is 13.2 Å². The minimum absolute atomic E-state index is 0.197. The number of hydrogen-bond donors (Lipinski definition) is 1. The van der Waals surface area contributed by atoms with E-state index in [4.69, 9.17) is 9.47 Å². The van der Waals surface area contributed by atoms with Gasteiger partial charge in [-0.05, 0) is 24.6 Å². The van der Waals surface area contributed by atoms with E-state index in [-0.39, 0.29) is 13.2 Å². The molecule has 0 radical (unpaired) electrons. The van der Waals surface area contributed by atoms with Gasteiger partial charge in [-0.2, -0.15) is 5.10 Å². The number of benzene rings is 2. The number of nitrogens with zero attached hydrogens (tertiary/aromatic N) is 2. The fraction of sp³-hybridized carbons (Fsp3) is 0.227. The van der Waals surface area contributed by atoms with Crippen molar-refractivity contribution >= 4 is 12.1 Å². The largest absolute Gasteiger partial charge is 0.462 e. The summed E-state index contributed by atoms with van der Waals surface area (Å²) in [6, 6.07) is 18.9. The average Bonchev–Trinajstić information content (AvgIpc) is 3.18. The number of carbonyl (C=O) groups is 2. The van der Waals surface area contributed by atoms with Gasteiger partial charge < -0.3 is 14.8 Å². The maximum absolute atomic E-state index is 12.3. The van der Waals surface area contributed by atoms with E-state index < -0.39 is 12.1 Å². The summed E-state index contributed by atoms with van der Waals surface area (Å²) in [5.41, 5.74) is 2.78. The highest BCUT2D eigenvalue weighted by molar-refractivity contribution is 5.90. The molecule has 0 fully saturated rings. The van der Waals surface area contributed by atoms with Crippen molar-refractivity contribution in [3.8, 4) is 5.69 Å². The van der Waals surface area contributed by atoms with Crippen LogP contribution < -0.4 is 5.32 Å². The molecule has 7 nitrogen and oxygen atoms in total. The number of para-hydroxylation sites is 1. The van der Waals surface area contributed by atoms with E-state index in [2.05, 4.69) is 10.4 Å². The van der Waals surface area contributed by atoms with Crippen molar-refractivity contribution in [1.82, 2.24) is 15.1 Å². The summed E-state index contributed by atoms with van der Waals surface area (Å²) in [6.07, 6.45) is 1.37. The van der Waals surface area contributed by atoms with Gasteiger partial charge in [0.05, 0.1) is 24.2 Å². The molecule has 1 N–H and O–H groups in total. The van der Waals surface area contributed by atoms with Crippen LogP contribution in [0.4, 0.5) is 4.79 Å². The normalized spacial score (nSPS) is 10.4. The highest BCUT2D eigenvalue weighted by atomic mass is 16.5. The second-order valence-electron chi connectivity index (χ2n) is 6.21. The maximum Gasteiger partial charge on any atom is 0.407 e. The summed E-state index contributed by atoms with van der Waals surface area (Å²) < 4.78 is 12.0. The second kappa shape index (κ2) is 10.1. The molecule has 7 heteroatoms. The van der Waals surface area contributed by atoms with E-state index in [1.54, 1.807) is 11.6 Å². The van der Waals surface area contributed by atoms with Gasteiger partial charge in [0.2, 0.25) is 0 Å². The number of nitrogens with one attached hydrogen (secondary N) is 1. The molecule has 3 rings (SSSR count). The Kier molecular flexibility index (Phi) is 7.00. The van der Waals surface area contributed by atoms with Crippen LogP contribution in [0.25, 0.3) is 5.69 Å². The summed E-state index contributed by atoms with van der Waals surface area (Å²) in [5, 5.41) is 7.05. The summed E-state index contributed by atoms with van der Waals surface area (Å²) >= 11 is 0. The summed E-state index contributed by atoms with van der Waals surface area (Å²) in [5.74, 6) is -0.434. The van der Waals surface area contributed by atoms with Crippen molar-refractivity contribution in [1.29, 1.82) is 0 Å². The van der Waals surface area contributed by atoms with E-state index >= 15 is 0 Å². The highest BCUT2D eigenvalue weighted by Crippen LogP contribution is 2.16. The zero-order chi connectivity index (χ0) is 20.5. The third-order valence-electron chi connectivity index (χ3n) is 4.21. The van der Waals surface area contributed by atoms with Gasteiger partial charge in [-0.15, -0.1) is 0 Å². The first kappa shape index (κ1) is 20.1. The molecule has 0 aliphatic carbocycles. The standard InChI is InChI=1S/C22H23N3O4/c1-2-28-21(26)19-15-24-25(18-11-7-4-8-12-18)20(19)13-14-23-22(27)29-16-17-9-5-3-6-10-17/h3-12,15H,2,13-14,16H2,1H3,(H,23,27). The number of aromatic nitrogens is 2. The van der Waals surface area contributed by atoms with Gasteiger partial charge in [0.15, 0.2) is 0 Å². The van der Waals surface area contributed by atoms with Gasteiger partial charge in [-0.3, -0.25) is 0 Å². The number of ether oxygens (including phenoxy) is 2. The van der Waals surface area contributed by atoms with Crippen LogP contribution in [0.3, 0.4) is 0 Å². The Morgan fingerprint density at radius 1 is 1.00 bits per heavy atom. The number of hydrogen-bond acceptors (Lipinski definition) is 5. The first-order valence-electron chi connectivity index (χ1n) is 9.43. The van der Waals surface area contributed by atoms with E-state index in [1.807, 2.05) is 60.7 Å². The van der Waals surface area contributed by atoms with Crippen molar-refractivity contribution in [3.63, 3.8) is 0 Å². The first-order chi connectivity index (χ1) is 14.2. The van der Waals surface area contributed by atoms with Crippen LogP contribution in [0.15, 0.2) is 66.9 Å². The molecule has 0 aliphatic heterocycles. The lowest BCUT2D eigenvalue weighted by Gasteiger charge is -2.11. The lowest BCUT2D eigenvalue weighted by atomic mass is 10.2. The topological polar surface area (TPSA) is 82.5 Å². The molecule has 0 atom stereocenters. The van der Waals surface area contributed by atoms with Crippen LogP contribution in [0.1, 0.15) is 28.5 Å². The summed E-state index contributed by atoms with van der Waals surface area (Å²) in [7, 11) is 0. The Balaban J connectivity index is 1.64. The van der Waals surface area contributed by atoms with Gasteiger partial charge >= 0.3 is 12.1 Å². The van der Waals surface area contributed by atoms with Crippen molar-refractivity contribution in [3.05, 3.63) is 83.7 Å². The van der Waals surface area contributed by atoms with Gasteiger partial charge in [-0.25, -0.2) is 14.3 Å². The van der Waals surface area contributed by atoms with Gasteiger partial charge in [0.1, 0.15) is 12.2 Å². The molecule has 1 aromatic heterocycles. The Hall–Kier alpha value is -3.61. The molecule has 3 aromatic rings. The zero-order valence-corrected chi connectivity index (χ0v) is 16.2. The Bertz CT molecular complexity index is 939. The molecule has 2 aromatic carbocycles. The van der Waals surface area contributed by atoms with Gasteiger partial charge in [-0.1, -0.05) is 48.5 Å². The Morgan fingerprint density at radius 3 is 2.38 bits per heavy atom.